The van der Waals surface area contributed by atoms with Crippen LogP contribution in [-0.2, 0) is 14.8 Å². The first-order valence-corrected chi connectivity index (χ1v) is 6.87. The van der Waals surface area contributed by atoms with Crippen LogP contribution in [0.15, 0.2) is 36.3 Å². The number of para-hydroxylation sites is 2. The Balaban J connectivity index is 2.53. The molecule has 18 heavy (non-hydrogen) atoms. The summed E-state index contributed by atoms with van der Waals surface area (Å²) in [5, 5.41) is 0.867. The molecule has 0 aromatic heterocycles. The molecule has 1 aliphatic rings. The van der Waals surface area contributed by atoms with E-state index in [4.69, 9.17) is 4.74 Å². The average Bonchev–Trinajstić information content (AvgIpc) is 2.37. The van der Waals surface area contributed by atoms with Gasteiger partial charge in [0.1, 0.15) is 5.75 Å². The number of hydrogen-bond acceptors (Lipinski definition) is 4. The van der Waals surface area contributed by atoms with Gasteiger partial charge in [0.05, 0.1) is 12.2 Å². The zero-order valence-electron chi connectivity index (χ0n) is 9.87. The van der Waals surface area contributed by atoms with Crippen molar-refractivity contribution >= 4 is 21.5 Å². The minimum Gasteiger partial charge on any atom is -0.479 e. The van der Waals surface area contributed by atoms with Crippen LogP contribution >= 0.6 is 0 Å². The maximum absolute atomic E-state index is 11.9. The van der Waals surface area contributed by atoms with Gasteiger partial charge in [-0.05, 0) is 19.1 Å². The highest BCUT2D eigenvalue weighted by Gasteiger charge is 2.33. The van der Waals surface area contributed by atoms with E-state index in [9.17, 15) is 13.2 Å². The summed E-state index contributed by atoms with van der Waals surface area (Å²) in [6.07, 6.45) is -0.783. The third-order valence-electron chi connectivity index (χ3n) is 2.71. The fraction of sp³-hybridized carbons (Fsp3) is 0.250. The van der Waals surface area contributed by atoms with E-state index in [1.807, 2.05) is 0 Å². The number of ether oxygens (including phenoxy) is 1. The summed E-state index contributed by atoms with van der Waals surface area (Å²) >= 11 is 0. The summed E-state index contributed by atoms with van der Waals surface area (Å²) in [5.74, 6) is 0.170. The fourth-order valence-electron chi connectivity index (χ4n) is 1.74. The second-order valence-corrected chi connectivity index (χ2v) is 5.73. The summed E-state index contributed by atoms with van der Waals surface area (Å²) in [4.78, 5) is 11.4. The maximum Gasteiger partial charge on any atom is 0.257 e. The van der Waals surface area contributed by atoms with Crippen molar-refractivity contribution in [3.63, 3.8) is 0 Å². The predicted octanol–water partition coefficient (Wildman–Crippen LogP) is 1.32. The summed E-state index contributed by atoms with van der Waals surface area (Å²) < 4.78 is 30.5. The third kappa shape index (κ3) is 2.11. The van der Waals surface area contributed by atoms with Crippen LogP contribution < -0.4 is 9.04 Å². The molecule has 96 valence electrons. The zero-order chi connectivity index (χ0) is 13.3. The minimum atomic E-state index is -3.64. The standard InChI is InChI=1S/C12H13NO4S/c1-3-18(15,16)13-8-12(9(2)14)17-11-7-5-4-6-10(11)13/h3-7,12H,1,8H2,2H3. The average molecular weight is 267 g/mol. The number of sulfonamides is 1. The molecule has 0 fully saturated rings. The lowest BCUT2D eigenvalue weighted by atomic mass is 10.2. The van der Waals surface area contributed by atoms with E-state index >= 15 is 0 Å². The highest BCUT2D eigenvalue weighted by Crippen LogP contribution is 2.35. The number of rotatable bonds is 3. The van der Waals surface area contributed by atoms with Gasteiger partial charge in [-0.25, -0.2) is 8.42 Å². The third-order valence-corrected chi connectivity index (χ3v) is 4.09. The van der Waals surface area contributed by atoms with Gasteiger partial charge in [-0.1, -0.05) is 18.7 Å². The lowest BCUT2D eigenvalue weighted by molar-refractivity contribution is -0.123. The molecule has 1 heterocycles. The largest absolute Gasteiger partial charge is 0.479 e. The van der Waals surface area contributed by atoms with Crippen molar-refractivity contribution in [2.75, 3.05) is 10.8 Å². The van der Waals surface area contributed by atoms with Crippen LogP contribution in [0, 0.1) is 0 Å². The number of nitrogens with zero attached hydrogens (tertiary/aromatic N) is 1. The normalized spacial score (nSPS) is 18.7. The van der Waals surface area contributed by atoms with Gasteiger partial charge in [-0.2, -0.15) is 0 Å². The first-order chi connectivity index (χ1) is 8.45. The smallest absolute Gasteiger partial charge is 0.257 e. The Labute approximate surface area is 106 Å². The molecule has 5 nitrogen and oxygen atoms in total. The highest BCUT2D eigenvalue weighted by molar-refractivity contribution is 7.95. The van der Waals surface area contributed by atoms with Crippen molar-refractivity contribution < 1.29 is 17.9 Å². The quantitative estimate of drug-likeness (QED) is 0.828. The van der Waals surface area contributed by atoms with Crippen molar-refractivity contribution in [3.05, 3.63) is 36.3 Å². The lowest BCUT2D eigenvalue weighted by Gasteiger charge is -2.33. The number of fused-ring (bicyclic) bond motifs is 1. The summed E-state index contributed by atoms with van der Waals surface area (Å²) in [6.45, 7) is 4.64. The molecule has 0 radical (unpaired) electrons. The second kappa shape index (κ2) is 4.45. The van der Waals surface area contributed by atoms with E-state index in [0.29, 0.717) is 11.4 Å². The summed E-state index contributed by atoms with van der Waals surface area (Å²) in [5.41, 5.74) is 0.426. The van der Waals surface area contributed by atoms with Crippen LogP contribution in [0.25, 0.3) is 0 Å². The first kappa shape index (κ1) is 12.6. The van der Waals surface area contributed by atoms with Crippen LogP contribution in [0.4, 0.5) is 5.69 Å². The summed E-state index contributed by atoms with van der Waals surface area (Å²) in [7, 11) is -3.64. The Hall–Kier alpha value is -1.82. The Morgan fingerprint density at radius 3 is 2.78 bits per heavy atom. The first-order valence-electron chi connectivity index (χ1n) is 5.37. The molecule has 0 amide bonds. The molecule has 1 aromatic rings. The molecule has 1 aromatic carbocycles. The van der Waals surface area contributed by atoms with Crippen molar-refractivity contribution in [1.29, 1.82) is 0 Å². The SMILES string of the molecule is C=CS(=O)(=O)N1CC(C(C)=O)Oc2ccccc21. The van der Waals surface area contributed by atoms with E-state index in [0.717, 1.165) is 9.71 Å². The fourth-order valence-corrected chi connectivity index (χ4v) is 2.69. The molecule has 0 saturated carbocycles. The van der Waals surface area contributed by atoms with Gasteiger partial charge in [0.25, 0.3) is 10.0 Å². The molecule has 2 rings (SSSR count). The van der Waals surface area contributed by atoms with Gasteiger partial charge in [-0.15, -0.1) is 0 Å². The molecule has 1 aliphatic heterocycles. The van der Waals surface area contributed by atoms with Crippen molar-refractivity contribution in [2.24, 2.45) is 0 Å². The molecule has 0 saturated heterocycles. The van der Waals surface area contributed by atoms with Crippen LogP contribution in [0.1, 0.15) is 6.92 Å². The van der Waals surface area contributed by atoms with E-state index < -0.39 is 16.1 Å². The van der Waals surface area contributed by atoms with Crippen molar-refractivity contribution in [2.45, 2.75) is 13.0 Å². The van der Waals surface area contributed by atoms with Crippen LogP contribution in [0.3, 0.4) is 0 Å². The molecular weight excluding hydrogens is 254 g/mol. The van der Waals surface area contributed by atoms with E-state index in [1.165, 1.54) is 6.92 Å². The van der Waals surface area contributed by atoms with Crippen molar-refractivity contribution in [3.8, 4) is 5.75 Å². The Morgan fingerprint density at radius 2 is 2.17 bits per heavy atom. The molecule has 6 heteroatoms. The number of carbonyl (C=O) groups is 1. The van der Waals surface area contributed by atoms with Gasteiger partial charge in [0.15, 0.2) is 11.9 Å². The Morgan fingerprint density at radius 1 is 1.50 bits per heavy atom. The zero-order valence-corrected chi connectivity index (χ0v) is 10.7. The van der Waals surface area contributed by atoms with Crippen molar-refractivity contribution in [1.82, 2.24) is 0 Å². The van der Waals surface area contributed by atoms with Gasteiger partial charge in [-0.3, -0.25) is 9.10 Å². The topological polar surface area (TPSA) is 63.7 Å². The van der Waals surface area contributed by atoms with Crippen LogP contribution in [0.2, 0.25) is 0 Å². The van der Waals surface area contributed by atoms with E-state index in [1.54, 1.807) is 24.3 Å². The molecule has 1 unspecified atom stereocenters. The second-order valence-electron chi connectivity index (χ2n) is 3.93. The predicted molar refractivity (Wildman–Crippen MR) is 68.0 cm³/mol. The van der Waals surface area contributed by atoms with Gasteiger partial charge < -0.3 is 4.74 Å². The summed E-state index contributed by atoms with van der Waals surface area (Å²) in [6, 6.07) is 6.70. The van der Waals surface area contributed by atoms with Gasteiger partial charge in [0, 0.05) is 5.41 Å². The number of carbonyl (C=O) groups excluding carboxylic acids is 1. The molecule has 0 N–H and O–H groups in total. The lowest BCUT2D eigenvalue weighted by Crippen LogP contribution is -2.45. The number of benzene rings is 1. The number of hydrogen-bond donors (Lipinski definition) is 0. The molecule has 0 spiro atoms. The van der Waals surface area contributed by atoms with Crippen LogP contribution in [0.5, 0.6) is 5.75 Å². The molecular formula is C12H13NO4S. The Kier molecular flexibility index (Phi) is 3.13. The number of Topliss-reactive ketones (excluding diaryl/α,β-unsaturated/α-hetero) is 1. The Bertz CT molecular complexity index is 594. The van der Waals surface area contributed by atoms with Gasteiger partial charge in [0.2, 0.25) is 0 Å². The molecule has 1 atom stereocenters. The van der Waals surface area contributed by atoms with E-state index in [2.05, 4.69) is 6.58 Å². The van der Waals surface area contributed by atoms with E-state index in [-0.39, 0.29) is 12.3 Å². The maximum atomic E-state index is 11.9. The monoisotopic (exact) mass is 267 g/mol. The van der Waals surface area contributed by atoms with Gasteiger partial charge >= 0.3 is 0 Å². The number of anilines is 1. The number of ketones is 1. The molecule has 0 aliphatic carbocycles. The van der Waals surface area contributed by atoms with Crippen LogP contribution in [-0.4, -0.2) is 26.8 Å². The minimum absolute atomic E-state index is 0.0271. The highest BCUT2D eigenvalue weighted by atomic mass is 32.2. The molecule has 0 bridgehead atoms.